The lowest BCUT2D eigenvalue weighted by molar-refractivity contribution is -0.142. The second-order valence-electron chi connectivity index (χ2n) is 5.30. The number of alkyl carbamates (subject to hydrolysis) is 1. The molecule has 0 aromatic rings. The number of hydrogen-bond acceptors (Lipinski definition) is 6. The number of carbonyl (C=O) groups excluding carboxylic acids is 2. The minimum atomic E-state index is -0.631. The van der Waals surface area contributed by atoms with Gasteiger partial charge >= 0.3 is 12.1 Å². The minimum absolute atomic E-state index is 0.339. The molecule has 0 rings (SSSR count). The Bertz CT molecular complexity index is 350. The lowest BCUT2D eigenvalue weighted by Gasteiger charge is -2.20. The van der Waals surface area contributed by atoms with Gasteiger partial charge < -0.3 is 20.5 Å². The lowest BCUT2D eigenvalue weighted by atomic mass is 10.2. The van der Waals surface area contributed by atoms with Crippen molar-refractivity contribution in [1.29, 1.82) is 0 Å². The molecule has 0 aliphatic carbocycles. The van der Waals surface area contributed by atoms with Gasteiger partial charge in [-0.3, -0.25) is 10.1 Å². The topological polar surface area (TPSA) is 103 Å². The summed E-state index contributed by atoms with van der Waals surface area (Å²) in [5.41, 5.74) is 5.02. The first kappa shape index (κ1) is 18.2. The van der Waals surface area contributed by atoms with Gasteiger partial charge in [-0.05, 0) is 33.6 Å². The molecule has 0 aliphatic rings. The fourth-order valence-electron chi connectivity index (χ4n) is 1.30. The summed E-state index contributed by atoms with van der Waals surface area (Å²) >= 11 is 0. The first-order valence-electron chi connectivity index (χ1n) is 6.42. The highest BCUT2D eigenvalue weighted by atomic mass is 16.6. The Balaban J connectivity index is 3.79. The summed E-state index contributed by atoms with van der Waals surface area (Å²) < 4.78 is 9.58. The Labute approximate surface area is 119 Å². The number of methoxy groups -OCH3 is 1. The van der Waals surface area contributed by atoms with Gasteiger partial charge in [-0.2, -0.15) is 0 Å². The molecule has 0 aliphatic heterocycles. The van der Waals surface area contributed by atoms with E-state index in [4.69, 9.17) is 10.5 Å². The second-order valence-corrected chi connectivity index (χ2v) is 5.30. The molecule has 20 heavy (non-hydrogen) atoms. The molecule has 0 radical (unpaired) electrons. The molecule has 1 atom stereocenters. The third kappa shape index (κ3) is 9.21. The fraction of sp³-hybridized carbons (Fsp3) is 0.692. The van der Waals surface area contributed by atoms with Gasteiger partial charge in [-0.25, -0.2) is 4.79 Å². The van der Waals surface area contributed by atoms with Crippen molar-refractivity contribution in [3.63, 3.8) is 0 Å². The van der Waals surface area contributed by atoms with Crippen LogP contribution in [0.2, 0.25) is 0 Å². The molecule has 0 heterocycles. The predicted octanol–water partition coefficient (Wildman–Crippen LogP) is 0.852. The quantitative estimate of drug-likeness (QED) is 0.474. The van der Waals surface area contributed by atoms with Crippen molar-refractivity contribution >= 4 is 12.1 Å². The van der Waals surface area contributed by atoms with E-state index < -0.39 is 23.7 Å². The van der Waals surface area contributed by atoms with E-state index in [1.165, 1.54) is 7.11 Å². The van der Waals surface area contributed by atoms with Crippen molar-refractivity contribution in [2.75, 3.05) is 13.7 Å². The maximum atomic E-state index is 11.4. The zero-order valence-electron chi connectivity index (χ0n) is 12.6. The van der Waals surface area contributed by atoms with Gasteiger partial charge in [0.2, 0.25) is 0 Å². The largest absolute Gasteiger partial charge is 0.468 e. The van der Waals surface area contributed by atoms with Gasteiger partial charge in [0.15, 0.2) is 0 Å². The van der Waals surface area contributed by atoms with Crippen LogP contribution >= 0.6 is 0 Å². The molecule has 7 nitrogen and oxygen atoms in total. The average molecular weight is 287 g/mol. The molecule has 116 valence electrons. The maximum Gasteiger partial charge on any atom is 0.413 e. The minimum Gasteiger partial charge on any atom is -0.468 e. The summed E-state index contributed by atoms with van der Waals surface area (Å²) in [6.45, 7) is 9.50. The molecule has 0 saturated heterocycles. The highest BCUT2D eigenvalue weighted by molar-refractivity contribution is 5.75. The average Bonchev–Trinajstić information content (AvgIpc) is 2.30. The monoisotopic (exact) mass is 287 g/mol. The third-order valence-electron chi connectivity index (χ3n) is 2.19. The number of hydrogen-bond donors (Lipinski definition) is 3. The summed E-state index contributed by atoms with van der Waals surface area (Å²) in [5.74, 6) is -0.0957. The van der Waals surface area contributed by atoms with E-state index in [1.54, 1.807) is 20.8 Å². The van der Waals surface area contributed by atoms with E-state index in [0.717, 1.165) is 0 Å². The zero-order valence-corrected chi connectivity index (χ0v) is 12.6. The van der Waals surface area contributed by atoms with E-state index in [2.05, 4.69) is 21.9 Å². The van der Waals surface area contributed by atoms with Crippen LogP contribution in [0.15, 0.2) is 12.4 Å². The van der Waals surface area contributed by atoms with Gasteiger partial charge in [0.25, 0.3) is 0 Å². The van der Waals surface area contributed by atoms with Crippen molar-refractivity contribution in [3.8, 4) is 0 Å². The highest BCUT2D eigenvalue weighted by Gasteiger charge is 2.16. The summed E-state index contributed by atoms with van der Waals surface area (Å²) in [5, 5.41) is 5.37. The Morgan fingerprint density at radius 1 is 1.35 bits per heavy atom. The van der Waals surface area contributed by atoms with Crippen LogP contribution in [0.1, 0.15) is 33.6 Å². The Kier molecular flexibility index (Phi) is 7.68. The Morgan fingerprint density at radius 2 is 1.95 bits per heavy atom. The fourth-order valence-corrected chi connectivity index (χ4v) is 1.30. The zero-order chi connectivity index (χ0) is 15.8. The van der Waals surface area contributed by atoms with E-state index in [-0.39, 0.29) is 0 Å². The number of ether oxygens (including phenoxy) is 2. The van der Waals surface area contributed by atoms with Crippen molar-refractivity contribution in [1.82, 2.24) is 10.6 Å². The van der Waals surface area contributed by atoms with Crippen molar-refractivity contribution in [2.24, 2.45) is 5.73 Å². The second kappa shape index (κ2) is 8.42. The van der Waals surface area contributed by atoms with Crippen LogP contribution in [-0.4, -0.2) is 37.4 Å². The molecule has 4 N–H and O–H groups in total. The van der Waals surface area contributed by atoms with Crippen LogP contribution in [0.3, 0.4) is 0 Å². The Morgan fingerprint density at radius 3 is 2.45 bits per heavy atom. The molecule has 0 saturated carbocycles. The molecule has 0 spiro atoms. The number of carbonyl (C=O) groups is 2. The maximum absolute atomic E-state index is 11.4. The molecule has 0 aromatic heterocycles. The van der Waals surface area contributed by atoms with Crippen LogP contribution < -0.4 is 16.4 Å². The number of rotatable bonds is 7. The Hall–Kier alpha value is -1.76. The van der Waals surface area contributed by atoms with E-state index >= 15 is 0 Å². The van der Waals surface area contributed by atoms with Crippen LogP contribution in [0.5, 0.6) is 0 Å². The van der Waals surface area contributed by atoms with Gasteiger partial charge in [0.1, 0.15) is 17.5 Å². The first-order chi connectivity index (χ1) is 9.15. The van der Waals surface area contributed by atoms with E-state index in [0.29, 0.717) is 25.2 Å². The summed E-state index contributed by atoms with van der Waals surface area (Å²) in [6, 6.07) is -0.631. The SMILES string of the molecule is C=C(NCCCC(N)C(=O)OC)NC(=O)OC(C)(C)C. The normalized spacial score (nSPS) is 12.2. The summed E-state index contributed by atoms with van der Waals surface area (Å²) in [7, 11) is 1.30. The van der Waals surface area contributed by atoms with Gasteiger partial charge in [-0.1, -0.05) is 6.58 Å². The molecule has 0 bridgehead atoms. The highest BCUT2D eigenvalue weighted by Crippen LogP contribution is 2.06. The van der Waals surface area contributed by atoms with Gasteiger partial charge in [-0.15, -0.1) is 0 Å². The van der Waals surface area contributed by atoms with Gasteiger partial charge in [0.05, 0.1) is 7.11 Å². The van der Waals surface area contributed by atoms with Crippen LogP contribution in [0.4, 0.5) is 4.79 Å². The van der Waals surface area contributed by atoms with E-state index in [9.17, 15) is 9.59 Å². The van der Waals surface area contributed by atoms with E-state index in [1.807, 2.05) is 0 Å². The molecule has 1 unspecified atom stereocenters. The molecule has 0 aromatic carbocycles. The molecular formula is C13H25N3O4. The van der Waals surface area contributed by atoms with Crippen LogP contribution in [0, 0.1) is 0 Å². The molecule has 7 heteroatoms. The standard InChI is InChI=1S/C13H25N3O4/c1-9(16-12(18)20-13(2,3)4)15-8-6-7-10(14)11(17)19-5/h10,15H,1,6-8,14H2,2-5H3,(H,16,18). The van der Waals surface area contributed by atoms with Crippen molar-refractivity contribution in [3.05, 3.63) is 12.4 Å². The summed E-state index contributed by atoms with van der Waals surface area (Å²) in [4.78, 5) is 22.5. The number of nitrogens with one attached hydrogen (secondary N) is 2. The number of nitrogens with two attached hydrogens (primary N) is 1. The van der Waals surface area contributed by atoms with Crippen molar-refractivity contribution in [2.45, 2.75) is 45.3 Å². The molecular weight excluding hydrogens is 262 g/mol. The number of amides is 1. The molecule has 1 amide bonds. The third-order valence-corrected chi connectivity index (χ3v) is 2.19. The smallest absolute Gasteiger partial charge is 0.413 e. The van der Waals surface area contributed by atoms with Crippen LogP contribution in [0.25, 0.3) is 0 Å². The van der Waals surface area contributed by atoms with Crippen LogP contribution in [-0.2, 0) is 14.3 Å². The first-order valence-corrected chi connectivity index (χ1v) is 6.42. The lowest BCUT2D eigenvalue weighted by Crippen LogP contribution is -2.36. The number of esters is 1. The summed E-state index contributed by atoms with van der Waals surface area (Å²) in [6.07, 6.45) is 0.561. The van der Waals surface area contributed by atoms with Gasteiger partial charge in [0, 0.05) is 6.54 Å². The van der Waals surface area contributed by atoms with Crippen molar-refractivity contribution < 1.29 is 19.1 Å². The molecule has 0 fully saturated rings. The predicted molar refractivity (Wildman–Crippen MR) is 75.7 cm³/mol.